The van der Waals surface area contributed by atoms with Gasteiger partial charge in [-0.1, -0.05) is 25.7 Å². The van der Waals surface area contributed by atoms with E-state index in [0.29, 0.717) is 24.5 Å². The van der Waals surface area contributed by atoms with Gasteiger partial charge in [0.15, 0.2) is 0 Å². The summed E-state index contributed by atoms with van der Waals surface area (Å²) in [6.45, 7) is 2.54. The molecule has 1 amide bonds. The van der Waals surface area contributed by atoms with Gasteiger partial charge in [-0.15, -0.1) is 0 Å². The van der Waals surface area contributed by atoms with Crippen molar-refractivity contribution in [3.63, 3.8) is 0 Å². The zero-order valence-corrected chi connectivity index (χ0v) is 13.4. The summed E-state index contributed by atoms with van der Waals surface area (Å²) >= 11 is 0. The number of hydrogen-bond acceptors (Lipinski definition) is 3. The molecular formula is C17H32N2O2. The number of amides is 1. The number of unbranched alkanes of at least 4 members (excludes halogenated alkanes) is 3. The summed E-state index contributed by atoms with van der Waals surface area (Å²) in [6.07, 6.45) is 13.1. The zero-order chi connectivity index (χ0) is 14.9. The molecule has 4 nitrogen and oxygen atoms in total. The SMILES string of the molecule is NCCCCCCC(=O)N1CCC(OC2CCCC2)CC1. The maximum absolute atomic E-state index is 12.1. The number of likely N-dealkylation sites (tertiary alicyclic amines) is 1. The first-order valence-corrected chi connectivity index (χ1v) is 8.93. The van der Waals surface area contributed by atoms with Crippen LogP contribution in [0.3, 0.4) is 0 Å². The summed E-state index contributed by atoms with van der Waals surface area (Å²) in [5.41, 5.74) is 5.47. The Kier molecular flexibility index (Phi) is 7.51. The van der Waals surface area contributed by atoms with Crippen molar-refractivity contribution in [1.82, 2.24) is 4.90 Å². The normalized spacial score (nSPS) is 21.1. The molecule has 0 unspecified atom stereocenters. The van der Waals surface area contributed by atoms with Crippen LogP contribution in [0.2, 0.25) is 0 Å². The van der Waals surface area contributed by atoms with E-state index in [1.165, 1.54) is 25.7 Å². The number of rotatable bonds is 8. The van der Waals surface area contributed by atoms with Gasteiger partial charge in [0.05, 0.1) is 12.2 Å². The van der Waals surface area contributed by atoms with Crippen LogP contribution >= 0.6 is 0 Å². The molecule has 2 rings (SSSR count). The fourth-order valence-electron chi connectivity index (χ4n) is 3.47. The Morgan fingerprint density at radius 2 is 1.57 bits per heavy atom. The van der Waals surface area contributed by atoms with Crippen LogP contribution in [0.1, 0.15) is 70.6 Å². The van der Waals surface area contributed by atoms with Gasteiger partial charge >= 0.3 is 0 Å². The fourth-order valence-corrected chi connectivity index (χ4v) is 3.47. The predicted molar refractivity (Wildman–Crippen MR) is 85.1 cm³/mol. The molecule has 0 spiro atoms. The smallest absolute Gasteiger partial charge is 0.222 e. The minimum absolute atomic E-state index is 0.335. The molecule has 0 aromatic heterocycles. The maximum Gasteiger partial charge on any atom is 0.222 e. The molecule has 1 saturated carbocycles. The predicted octanol–water partition coefficient (Wildman–Crippen LogP) is 2.85. The van der Waals surface area contributed by atoms with Crippen LogP contribution in [0, 0.1) is 0 Å². The van der Waals surface area contributed by atoms with Gasteiger partial charge < -0.3 is 15.4 Å². The number of ether oxygens (including phenoxy) is 1. The van der Waals surface area contributed by atoms with Crippen molar-refractivity contribution >= 4 is 5.91 Å². The van der Waals surface area contributed by atoms with Crippen LogP contribution in [-0.4, -0.2) is 42.6 Å². The third-order valence-corrected chi connectivity index (χ3v) is 4.83. The number of carbonyl (C=O) groups excluding carboxylic acids is 1. The molecule has 0 aromatic rings. The Balaban J connectivity index is 1.56. The van der Waals surface area contributed by atoms with E-state index >= 15 is 0 Å². The van der Waals surface area contributed by atoms with E-state index in [2.05, 4.69) is 0 Å². The lowest BCUT2D eigenvalue weighted by Gasteiger charge is -2.33. The number of nitrogens with two attached hydrogens (primary N) is 1. The average Bonchev–Trinajstić information content (AvgIpc) is 3.00. The van der Waals surface area contributed by atoms with Crippen LogP contribution in [0.4, 0.5) is 0 Å². The Morgan fingerprint density at radius 3 is 2.24 bits per heavy atom. The Morgan fingerprint density at radius 1 is 0.952 bits per heavy atom. The molecule has 1 heterocycles. The highest BCUT2D eigenvalue weighted by Crippen LogP contribution is 2.25. The molecule has 0 aromatic carbocycles. The van der Waals surface area contributed by atoms with Gasteiger partial charge in [-0.25, -0.2) is 0 Å². The second kappa shape index (κ2) is 9.42. The highest BCUT2D eigenvalue weighted by Gasteiger charge is 2.26. The molecule has 2 aliphatic rings. The summed E-state index contributed by atoms with van der Waals surface area (Å²) in [7, 11) is 0. The summed E-state index contributed by atoms with van der Waals surface area (Å²) in [6, 6.07) is 0. The van der Waals surface area contributed by atoms with E-state index in [0.717, 1.165) is 58.2 Å². The van der Waals surface area contributed by atoms with E-state index < -0.39 is 0 Å². The highest BCUT2D eigenvalue weighted by molar-refractivity contribution is 5.76. The Labute approximate surface area is 129 Å². The second-order valence-electron chi connectivity index (χ2n) is 6.58. The lowest BCUT2D eigenvalue weighted by Crippen LogP contribution is -2.41. The van der Waals surface area contributed by atoms with Gasteiger partial charge in [0.25, 0.3) is 0 Å². The molecule has 2 fully saturated rings. The topological polar surface area (TPSA) is 55.6 Å². The molecule has 0 radical (unpaired) electrons. The van der Waals surface area contributed by atoms with E-state index in [-0.39, 0.29) is 0 Å². The van der Waals surface area contributed by atoms with Crippen LogP contribution in [0.25, 0.3) is 0 Å². The third-order valence-electron chi connectivity index (χ3n) is 4.83. The van der Waals surface area contributed by atoms with Gasteiger partial charge in [-0.3, -0.25) is 4.79 Å². The van der Waals surface area contributed by atoms with Crippen LogP contribution in [0.5, 0.6) is 0 Å². The molecule has 21 heavy (non-hydrogen) atoms. The van der Waals surface area contributed by atoms with Gasteiger partial charge in [0.2, 0.25) is 5.91 Å². The van der Waals surface area contributed by atoms with Crippen molar-refractivity contribution in [3.05, 3.63) is 0 Å². The number of hydrogen-bond donors (Lipinski definition) is 1. The van der Waals surface area contributed by atoms with E-state index in [1.54, 1.807) is 0 Å². The van der Waals surface area contributed by atoms with Crippen molar-refractivity contribution in [2.75, 3.05) is 19.6 Å². The maximum atomic E-state index is 12.1. The van der Waals surface area contributed by atoms with E-state index in [1.807, 2.05) is 4.90 Å². The van der Waals surface area contributed by atoms with Crippen molar-refractivity contribution in [2.24, 2.45) is 5.73 Å². The largest absolute Gasteiger partial charge is 0.375 e. The molecule has 0 atom stereocenters. The molecule has 4 heteroatoms. The monoisotopic (exact) mass is 296 g/mol. The molecule has 122 valence electrons. The van der Waals surface area contributed by atoms with Crippen molar-refractivity contribution < 1.29 is 9.53 Å². The average molecular weight is 296 g/mol. The third kappa shape index (κ3) is 5.95. The van der Waals surface area contributed by atoms with Gasteiger partial charge in [0.1, 0.15) is 0 Å². The summed E-state index contributed by atoms with van der Waals surface area (Å²) < 4.78 is 6.16. The molecule has 1 saturated heterocycles. The van der Waals surface area contributed by atoms with Gasteiger partial charge in [-0.2, -0.15) is 0 Å². The van der Waals surface area contributed by atoms with Crippen molar-refractivity contribution in [3.8, 4) is 0 Å². The zero-order valence-electron chi connectivity index (χ0n) is 13.4. The lowest BCUT2D eigenvalue weighted by molar-refractivity contribution is -0.134. The molecule has 2 N–H and O–H groups in total. The van der Waals surface area contributed by atoms with Crippen LogP contribution in [0.15, 0.2) is 0 Å². The Hall–Kier alpha value is -0.610. The van der Waals surface area contributed by atoms with Crippen molar-refractivity contribution in [1.29, 1.82) is 0 Å². The number of piperidine rings is 1. The first-order chi connectivity index (χ1) is 10.3. The quantitative estimate of drug-likeness (QED) is 0.701. The number of carbonyl (C=O) groups is 1. The van der Waals surface area contributed by atoms with E-state index in [4.69, 9.17) is 10.5 Å². The summed E-state index contributed by atoms with van der Waals surface area (Å²) in [5, 5.41) is 0. The first kappa shape index (κ1) is 16.8. The molecule has 1 aliphatic carbocycles. The molecular weight excluding hydrogens is 264 g/mol. The fraction of sp³-hybridized carbons (Fsp3) is 0.941. The summed E-state index contributed by atoms with van der Waals surface area (Å²) in [4.78, 5) is 14.2. The van der Waals surface area contributed by atoms with Crippen molar-refractivity contribution in [2.45, 2.75) is 82.8 Å². The highest BCUT2D eigenvalue weighted by atomic mass is 16.5. The molecule has 1 aliphatic heterocycles. The lowest BCUT2D eigenvalue weighted by atomic mass is 10.1. The van der Waals surface area contributed by atoms with Crippen LogP contribution < -0.4 is 5.73 Å². The van der Waals surface area contributed by atoms with Crippen LogP contribution in [-0.2, 0) is 9.53 Å². The minimum Gasteiger partial charge on any atom is -0.375 e. The van der Waals surface area contributed by atoms with Gasteiger partial charge in [-0.05, 0) is 45.1 Å². The Bertz CT molecular complexity index is 295. The first-order valence-electron chi connectivity index (χ1n) is 8.93. The second-order valence-corrected chi connectivity index (χ2v) is 6.58. The van der Waals surface area contributed by atoms with E-state index in [9.17, 15) is 4.79 Å². The molecule has 0 bridgehead atoms. The number of nitrogens with zero attached hydrogens (tertiary/aromatic N) is 1. The summed E-state index contributed by atoms with van der Waals surface area (Å²) in [5.74, 6) is 0.335. The minimum atomic E-state index is 0.335. The standard InChI is InChI=1S/C17H32N2O2/c18-12-6-2-1-3-9-17(20)19-13-10-16(11-14-19)21-15-7-4-5-8-15/h15-16H,1-14,18H2. The van der Waals surface area contributed by atoms with Gasteiger partial charge in [0, 0.05) is 19.5 Å².